The van der Waals surface area contributed by atoms with Crippen molar-refractivity contribution >= 4 is 12.1 Å². The molecular formula is C29H32N2O4. The van der Waals surface area contributed by atoms with Crippen molar-refractivity contribution in [1.29, 1.82) is 0 Å². The van der Waals surface area contributed by atoms with Gasteiger partial charge in [-0.15, -0.1) is 0 Å². The summed E-state index contributed by atoms with van der Waals surface area (Å²) >= 11 is 0. The van der Waals surface area contributed by atoms with Crippen LogP contribution in [0.1, 0.15) is 65.8 Å². The third-order valence-corrected chi connectivity index (χ3v) is 6.41. The number of carbonyl (C=O) groups is 2. The molecule has 1 aromatic heterocycles. The number of carbonyl (C=O) groups excluding carboxylic acids is 1. The number of aryl methyl sites for hydroxylation is 2. The van der Waals surface area contributed by atoms with E-state index in [-0.39, 0.29) is 17.7 Å². The van der Waals surface area contributed by atoms with Crippen molar-refractivity contribution in [3.05, 3.63) is 88.7 Å². The molecule has 0 radical (unpaired) electrons. The summed E-state index contributed by atoms with van der Waals surface area (Å²) in [6, 6.07) is 16.1. The molecule has 6 nitrogen and oxygen atoms in total. The fraction of sp³-hybridized carbons (Fsp3) is 0.345. The van der Waals surface area contributed by atoms with Gasteiger partial charge in [0.2, 0.25) is 0 Å². The molecule has 2 heterocycles. The lowest BCUT2D eigenvalue weighted by Crippen LogP contribution is -2.43. The number of carboxylic acid groups (broad SMARTS) is 1. The molecule has 0 aliphatic carbocycles. The van der Waals surface area contributed by atoms with Crippen molar-refractivity contribution in [2.24, 2.45) is 0 Å². The standard InChI is InChI=1S/C29H32N2O4/c1-19-7-5-6-8-23(19)20-9-11-24-21(17-20)14-16-31(28(34)35-29(2,3)4)26(24)12-10-22-18-30-15-13-25(22)27(32)33/h5-9,11,13,15,17-18,26H,10,12,14,16H2,1-4H3,(H,32,33)/t26-/m0/s1. The van der Waals surface area contributed by atoms with Crippen LogP contribution >= 0.6 is 0 Å². The summed E-state index contributed by atoms with van der Waals surface area (Å²) < 4.78 is 5.73. The van der Waals surface area contributed by atoms with Crippen LogP contribution in [0, 0.1) is 6.92 Å². The summed E-state index contributed by atoms with van der Waals surface area (Å²) in [5.74, 6) is -0.974. The topological polar surface area (TPSA) is 79.7 Å². The minimum Gasteiger partial charge on any atom is -0.478 e. The number of carboxylic acids is 1. The lowest BCUT2D eigenvalue weighted by atomic mass is 9.86. The SMILES string of the molecule is Cc1ccccc1-c1ccc2c(c1)CCN(C(=O)OC(C)(C)C)[C@H]2CCc1cnccc1C(=O)O. The van der Waals surface area contributed by atoms with Crippen LogP contribution in [0.4, 0.5) is 4.79 Å². The van der Waals surface area contributed by atoms with Gasteiger partial charge in [-0.05, 0) is 86.4 Å². The number of hydrogen-bond acceptors (Lipinski definition) is 4. The molecule has 1 N–H and O–H groups in total. The zero-order chi connectivity index (χ0) is 25.2. The van der Waals surface area contributed by atoms with Crippen molar-refractivity contribution < 1.29 is 19.4 Å². The van der Waals surface area contributed by atoms with Gasteiger partial charge in [-0.25, -0.2) is 9.59 Å². The third-order valence-electron chi connectivity index (χ3n) is 6.41. The van der Waals surface area contributed by atoms with Crippen LogP contribution in [0.5, 0.6) is 0 Å². The molecule has 0 spiro atoms. The van der Waals surface area contributed by atoms with Gasteiger partial charge in [0.25, 0.3) is 0 Å². The Hall–Kier alpha value is -3.67. The molecule has 0 fully saturated rings. The number of amides is 1. The van der Waals surface area contributed by atoms with Gasteiger partial charge >= 0.3 is 12.1 Å². The van der Waals surface area contributed by atoms with E-state index < -0.39 is 11.6 Å². The molecule has 35 heavy (non-hydrogen) atoms. The van der Waals surface area contributed by atoms with Crippen molar-refractivity contribution in [3.63, 3.8) is 0 Å². The van der Waals surface area contributed by atoms with Gasteiger partial charge in [0.05, 0.1) is 11.6 Å². The van der Waals surface area contributed by atoms with Gasteiger partial charge in [-0.2, -0.15) is 0 Å². The van der Waals surface area contributed by atoms with Crippen LogP contribution in [-0.2, 0) is 17.6 Å². The zero-order valence-corrected chi connectivity index (χ0v) is 20.7. The highest BCUT2D eigenvalue weighted by atomic mass is 16.6. The summed E-state index contributed by atoms with van der Waals surface area (Å²) in [7, 11) is 0. The fourth-order valence-electron chi connectivity index (χ4n) is 4.75. The Morgan fingerprint density at radius 2 is 1.91 bits per heavy atom. The Morgan fingerprint density at radius 1 is 1.14 bits per heavy atom. The first-order valence-corrected chi connectivity index (χ1v) is 12.0. The second-order valence-electron chi connectivity index (χ2n) is 10.0. The van der Waals surface area contributed by atoms with Gasteiger partial charge in [-0.1, -0.05) is 42.5 Å². The van der Waals surface area contributed by atoms with Crippen molar-refractivity contribution in [1.82, 2.24) is 9.88 Å². The molecule has 1 aliphatic rings. The molecule has 0 unspecified atom stereocenters. The number of fused-ring (bicyclic) bond motifs is 1. The predicted octanol–water partition coefficient (Wildman–Crippen LogP) is 6.22. The second kappa shape index (κ2) is 9.90. The molecule has 1 atom stereocenters. The summed E-state index contributed by atoms with van der Waals surface area (Å²) in [6.07, 6.45) is 4.54. The first kappa shape index (κ1) is 24.5. The van der Waals surface area contributed by atoms with Crippen LogP contribution in [0.2, 0.25) is 0 Å². The third kappa shape index (κ3) is 5.53. The molecule has 4 rings (SSSR count). The Kier molecular flexibility index (Phi) is 6.92. The van der Waals surface area contributed by atoms with Crippen molar-refractivity contribution in [3.8, 4) is 11.1 Å². The van der Waals surface area contributed by atoms with E-state index in [0.717, 1.165) is 17.5 Å². The first-order valence-electron chi connectivity index (χ1n) is 12.0. The number of aromatic nitrogens is 1. The molecule has 182 valence electrons. The van der Waals surface area contributed by atoms with Crippen LogP contribution in [0.25, 0.3) is 11.1 Å². The number of hydrogen-bond donors (Lipinski definition) is 1. The Bertz CT molecular complexity index is 1250. The smallest absolute Gasteiger partial charge is 0.410 e. The molecule has 6 heteroatoms. The largest absolute Gasteiger partial charge is 0.478 e. The summed E-state index contributed by atoms with van der Waals surface area (Å²) in [4.78, 5) is 30.8. The lowest BCUT2D eigenvalue weighted by molar-refractivity contribution is 0.0132. The first-order chi connectivity index (χ1) is 16.6. The normalized spacial score (nSPS) is 15.4. The maximum Gasteiger partial charge on any atom is 0.410 e. The molecule has 0 saturated carbocycles. The highest BCUT2D eigenvalue weighted by molar-refractivity contribution is 5.89. The predicted molar refractivity (Wildman–Crippen MR) is 136 cm³/mol. The Balaban J connectivity index is 1.68. The molecule has 2 aromatic carbocycles. The van der Waals surface area contributed by atoms with E-state index in [0.29, 0.717) is 24.9 Å². The Morgan fingerprint density at radius 3 is 2.63 bits per heavy atom. The maximum absolute atomic E-state index is 13.2. The van der Waals surface area contributed by atoms with Crippen molar-refractivity contribution in [2.75, 3.05) is 6.54 Å². The van der Waals surface area contributed by atoms with Gasteiger partial charge in [-0.3, -0.25) is 4.98 Å². The highest BCUT2D eigenvalue weighted by Crippen LogP contribution is 2.37. The van der Waals surface area contributed by atoms with E-state index in [4.69, 9.17) is 4.74 Å². The summed E-state index contributed by atoms with van der Waals surface area (Å²) in [6.45, 7) is 8.24. The monoisotopic (exact) mass is 472 g/mol. The lowest BCUT2D eigenvalue weighted by Gasteiger charge is -2.38. The Labute approximate surface area is 206 Å². The number of pyridine rings is 1. The minimum absolute atomic E-state index is 0.221. The van der Waals surface area contributed by atoms with E-state index in [1.54, 1.807) is 11.1 Å². The average molecular weight is 473 g/mol. The van der Waals surface area contributed by atoms with Crippen LogP contribution in [-0.4, -0.2) is 39.2 Å². The van der Waals surface area contributed by atoms with E-state index in [1.807, 2.05) is 32.9 Å². The highest BCUT2D eigenvalue weighted by Gasteiger charge is 2.34. The summed E-state index contributed by atoms with van der Waals surface area (Å²) in [5.41, 5.74) is 6.17. The molecule has 0 saturated heterocycles. The number of nitrogens with zero attached hydrogens (tertiary/aromatic N) is 2. The van der Waals surface area contributed by atoms with Gasteiger partial charge in [0.15, 0.2) is 0 Å². The van der Waals surface area contributed by atoms with Gasteiger partial charge < -0.3 is 14.7 Å². The van der Waals surface area contributed by atoms with Crippen molar-refractivity contribution in [2.45, 2.75) is 58.6 Å². The number of aromatic carboxylic acids is 1. The van der Waals surface area contributed by atoms with Gasteiger partial charge in [0.1, 0.15) is 5.60 Å². The van der Waals surface area contributed by atoms with E-state index >= 15 is 0 Å². The molecule has 0 bridgehead atoms. The van der Waals surface area contributed by atoms with Crippen LogP contribution < -0.4 is 0 Å². The zero-order valence-electron chi connectivity index (χ0n) is 20.7. The minimum atomic E-state index is -0.974. The molecule has 1 amide bonds. The van der Waals surface area contributed by atoms with Crippen LogP contribution in [0.15, 0.2) is 60.9 Å². The van der Waals surface area contributed by atoms with E-state index in [1.165, 1.54) is 29.0 Å². The van der Waals surface area contributed by atoms with Crippen LogP contribution in [0.3, 0.4) is 0 Å². The fourth-order valence-corrected chi connectivity index (χ4v) is 4.75. The quantitative estimate of drug-likeness (QED) is 0.477. The number of benzene rings is 2. The van der Waals surface area contributed by atoms with Gasteiger partial charge in [0, 0.05) is 18.9 Å². The summed E-state index contributed by atoms with van der Waals surface area (Å²) in [5, 5.41) is 9.58. The average Bonchev–Trinajstić information content (AvgIpc) is 2.81. The number of rotatable bonds is 5. The van der Waals surface area contributed by atoms with E-state index in [9.17, 15) is 14.7 Å². The maximum atomic E-state index is 13.2. The molecule has 3 aromatic rings. The van der Waals surface area contributed by atoms with E-state index in [2.05, 4.69) is 42.2 Å². The molecular weight excluding hydrogens is 440 g/mol. The number of ether oxygens (including phenoxy) is 1. The molecule has 1 aliphatic heterocycles. The second-order valence-corrected chi connectivity index (χ2v) is 10.0.